The van der Waals surface area contributed by atoms with Gasteiger partial charge in [0, 0.05) is 30.6 Å². The second-order valence-electron chi connectivity index (χ2n) is 13.5. The number of hydrogen-bond acceptors (Lipinski definition) is 2. The van der Waals surface area contributed by atoms with Crippen LogP contribution >= 0.6 is 0 Å². The fraction of sp³-hybridized carbons (Fsp3) is 0.371. The molecule has 0 amide bonds. The van der Waals surface area contributed by atoms with Crippen LogP contribution in [0.15, 0.2) is 66.7 Å². The highest BCUT2D eigenvalue weighted by Gasteiger charge is 2.53. The van der Waals surface area contributed by atoms with Gasteiger partial charge in [0.1, 0.15) is 5.75 Å². The number of phenols is 1. The van der Waals surface area contributed by atoms with Crippen LogP contribution in [0.25, 0.3) is 33.0 Å². The summed E-state index contributed by atoms with van der Waals surface area (Å²) in [5.41, 5.74) is 10.6. The summed E-state index contributed by atoms with van der Waals surface area (Å²) in [5.74, 6) is 0.397. The molecular weight excluding hydrogens is 450 g/mol. The summed E-state index contributed by atoms with van der Waals surface area (Å²) in [5, 5.41) is 13.7. The second kappa shape index (κ2) is 7.87. The van der Waals surface area contributed by atoms with Crippen molar-refractivity contribution in [2.24, 2.45) is 10.8 Å². The Hall–Kier alpha value is -3.26. The van der Waals surface area contributed by atoms with Gasteiger partial charge in [-0.2, -0.15) is 0 Å². The summed E-state index contributed by atoms with van der Waals surface area (Å²) in [6.07, 6.45) is 3.43. The molecule has 1 spiro atoms. The van der Waals surface area contributed by atoms with E-state index in [1.165, 1.54) is 56.4 Å². The number of phenolic OH excluding ortho intramolecular Hbond substituents is 1. The molecule has 6 rings (SSSR count). The molecule has 190 valence electrons. The number of aryl methyl sites for hydroxylation is 1. The van der Waals surface area contributed by atoms with Gasteiger partial charge in [-0.15, -0.1) is 0 Å². The van der Waals surface area contributed by atoms with E-state index in [0.29, 0.717) is 5.75 Å². The third kappa shape index (κ3) is 3.68. The van der Waals surface area contributed by atoms with E-state index in [0.717, 1.165) is 18.2 Å². The number of aromatic hydroxyl groups is 1. The normalized spacial score (nSPS) is 18.6. The molecule has 0 bridgehead atoms. The highest BCUT2D eigenvalue weighted by Crippen LogP contribution is 2.64. The fourth-order valence-corrected chi connectivity index (χ4v) is 8.24. The number of benzene rings is 4. The summed E-state index contributed by atoms with van der Waals surface area (Å²) < 4.78 is 0. The largest absolute Gasteiger partial charge is 0.507 e. The second-order valence-corrected chi connectivity index (χ2v) is 13.5. The Balaban J connectivity index is 1.61. The molecule has 0 unspecified atom stereocenters. The van der Waals surface area contributed by atoms with Crippen LogP contribution in [0.2, 0.25) is 0 Å². The van der Waals surface area contributed by atoms with Crippen LogP contribution in [0.4, 0.5) is 5.69 Å². The minimum atomic E-state index is -0.0720. The lowest BCUT2D eigenvalue weighted by atomic mass is 9.52. The number of anilines is 1. The molecular formula is C35H39NO. The summed E-state index contributed by atoms with van der Waals surface area (Å²) >= 11 is 0. The molecule has 2 aliphatic rings. The van der Waals surface area contributed by atoms with E-state index >= 15 is 0 Å². The van der Waals surface area contributed by atoms with Gasteiger partial charge >= 0.3 is 0 Å². The number of hydrogen-bond donors (Lipinski definition) is 1. The van der Waals surface area contributed by atoms with Crippen molar-refractivity contribution in [3.05, 3.63) is 83.4 Å². The SMILES string of the molecule is Cc1cc2c3c(cc(O)c2cc1-c1ccc(N(C)C)cc1)C1(CC(C)(C)CC(C)(C)C1)c1ccccc1-3. The molecule has 1 N–H and O–H groups in total. The first kappa shape index (κ1) is 24.1. The average Bonchev–Trinajstić information content (AvgIpc) is 3.05. The maximum Gasteiger partial charge on any atom is 0.123 e. The Morgan fingerprint density at radius 3 is 2.00 bits per heavy atom. The van der Waals surface area contributed by atoms with Crippen molar-refractivity contribution in [1.82, 2.24) is 0 Å². The maximum atomic E-state index is 11.6. The highest BCUT2D eigenvalue weighted by atomic mass is 16.3. The smallest absolute Gasteiger partial charge is 0.123 e. The summed E-state index contributed by atoms with van der Waals surface area (Å²) in [6.45, 7) is 11.9. The molecule has 2 aliphatic carbocycles. The summed E-state index contributed by atoms with van der Waals surface area (Å²) in [6, 6.07) is 24.4. The monoisotopic (exact) mass is 489 g/mol. The molecule has 4 aromatic rings. The Bertz CT molecular complexity index is 1520. The number of rotatable bonds is 2. The molecule has 0 radical (unpaired) electrons. The van der Waals surface area contributed by atoms with Gasteiger partial charge in [-0.05, 0) is 106 Å². The van der Waals surface area contributed by atoms with Gasteiger partial charge in [0.25, 0.3) is 0 Å². The van der Waals surface area contributed by atoms with E-state index in [4.69, 9.17) is 0 Å². The van der Waals surface area contributed by atoms with Crippen LogP contribution in [-0.2, 0) is 5.41 Å². The van der Waals surface area contributed by atoms with E-state index in [-0.39, 0.29) is 16.2 Å². The van der Waals surface area contributed by atoms with Gasteiger partial charge in [-0.25, -0.2) is 0 Å². The van der Waals surface area contributed by atoms with Crippen LogP contribution in [-0.4, -0.2) is 19.2 Å². The minimum absolute atomic E-state index is 0.0720. The molecule has 1 fully saturated rings. The van der Waals surface area contributed by atoms with Crippen molar-refractivity contribution < 1.29 is 5.11 Å². The van der Waals surface area contributed by atoms with Crippen LogP contribution in [0.5, 0.6) is 5.75 Å². The molecule has 1 saturated carbocycles. The van der Waals surface area contributed by atoms with E-state index in [9.17, 15) is 5.11 Å². The van der Waals surface area contributed by atoms with Gasteiger partial charge in [-0.3, -0.25) is 0 Å². The van der Waals surface area contributed by atoms with Crippen LogP contribution in [0, 0.1) is 17.8 Å². The van der Waals surface area contributed by atoms with Gasteiger partial charge in [-0.1, -0.05) is 70.2 Å². The van der Waals surface area contributed by atoms with Crippen molar-refractivity contribution in [2.45, 2.75) is 59.3 Å². The Morgan fingerprint density at radius 1 is 0.703 bits per heavy atom. The maximum absolute atomic E-state index is 11.6. The molecule has 0 saturated heterocycles. The molecule has 0 aliphatic heterocycles. The molecule has 0 atom stereocenters. The van der Waals surface area contributed by atoms with Gasteiger partial charge in [0.2, 0.25) is 0 Å². The lowest BCUT2D eigenvalue weighted by Crippen LogP contribution is -2.43. The molecule has 4 aromatic carbocycles. The Kier molecular flexibility index (Phi) is 5.13. The summed E-state index contributed by atoms with van der Waals surface area (Å²) in [4.78, 5) is 2.12. The predicted molar refractivity (Wildman–Crippen MR) is 158 cm³/mol. The zero-order chi connectivity index (χ0) is 26.3. The van der Waals surface area contributed by atoms with E-state index < -0.39 is 0 Å². The molecule has 2 heteroatoms. The van der Waals surface area contributed by atoms with Gasteiger partial charge in [0.15, 0.2) is 0 Å². The van der Waals surface area contributed by atoms with Crippen LogP contribution in [0.1, 0.15) is 63.6 Å². The van der Waals surface area contributed by atoms with Crippen molar-refractivity contribution in [1.29, 1.82) is 0 Å². The van der Waals surface area contributed by atoms with Crippen molar-refractivity contribution in [3.8, 4) is 28.0 Å². The lowest BCUT2D eigenvalue weighted by molar-refractivity contribution is 0.0645. The molecule has 37 heavy (non-hydrogen) atoms. The first-order valence-corrected chi connectivity index (χ1v) is 13.6. The Morgan fingerprint density at radius 2 is 1.35 bits per heavy atom. The van der Waals surface area contributed by atoms with E-state index in [1.807, 2.05) is 0 Å². The quantitative estimate of drug-likeness (QED) is 0.303. The first-order chi connectivity index (χ1) is 17.4. The topological polar surface area (TPSA) is 23.5 Å². The standard InChI is InChI=1S/C35H39NO/c1-22-16-28-27(17-26(22)23-12-14-24(15-13-23)36(6)7)31(37)18-30-32(28)25-10-8-9-11-29(25)35(30)20-33(2,3)19-34(4,5)21-35/h8-18,37H,19-21H2,1-7H3. The third-order valence-corrected chi connectivity index (χ3v) is 8.90. The van der Waals surface area contributed by atoms with Crippen LogP contribution < -0.4 is 4.90 Å². The van der Waals surface area contributed by atoms with Gasteiger partial charge < -0.3 is 10.0 Å². The third-order valence-electron chi connectivity index (χ3n) is 8.90. The van der Waals surface area contributed by atoms with E-state index in [2.05, 4.69) is 120 Å². The average molecular weight is 490 g/mol. The zero-order valence-corrected chi connectivity index (χ0v) is 23.4. The van der Waals surface area contributed by atoms with E-state index in [1.54, 1.807) is 0 Å². The van der Waals surface area contributed by atoms with Gasteiger partial charge in [0.05, 0.1) is 0 Å². The molecule has 2 nitrogen and oxygen atoms in total. The number of fused-ring (bicyclic) bond motifs is 7. The first-order valence-electron chi connectivity index (χ1n) is 13.6. The molecule has 0 aromatic heterocycles. The van der Waals surface area contributed by atoms with Crippen molar-refractivity contribution >= 4 is 16.5 Å². The number of nitrogens with zero attached hydrogens (tertiary/aromatic N) is 1. The summed E-state index contributed by atoms with van der Waals surface area (Å²) in [7, 11) is 4.13. The van der Waals surface area contributed by atoms with Crippen LogP contribution in [0.3, 0.4) is 0 Å². The molecule has 0 heterocycles. The zero-order valence-electron chi connectivity index (χ0n) is 23.4. The van der Waals surface area contributed by atoms with Crippen molar-refractivity contribution in [2.75, 3.05) is 19.0 Å². The minimum Gasteiger partial charge on any atom is -0.507 e. The Labute approximate surface area is 222 Å². The lowest BCUT2D eigenvalue weighted by Gasteiger charge is -2.51. The highest BCUT2D eigenvalue weighted by molar-refractivity contribution is 6.07. The predicted octanol–water partition coefficient (Wildman–Crippen LogP) is 9.09. The van der Waals surface area contributed by atoms with Crippen molar-refractivity contribution in [3.63, 3.8) is 0 Å². The fourth-order valence-electron chi connectivity index (χ4n) is 8.24.